The first-order chi connectivity index (χ1) is 7.93. The Morgan fingerprint density at radius 2 is 2.12 bits per heavy atom. The van der Waals surface area contributed by atoms with Crippen LogP contribution in [0.3, 0.4) is 0 Å². The average Bonchev–Trinajstić information content (AvgIpc) is 2.65. The number of hydrogen-bond acceptors (Lipinski definition) is 2. The number of thioether (sulfide) groups is 1. The Kier molecular flexibility index (Phi) is 3.20. The number of hydrogen-bond donors (Lipinski definition) is 1. The summed E-state index contributed by atoms with van der Waals surface area (Å²) in [5, 5.41) is 3.72. The maximum Gasteiger partial charge on any atom is 0.0426 e. The minimum Gasteiger partial charge on any atom is -0.309 e. The maximum atomic E-state index is 3.72. The lowest BCUT2D eigenvalue weighted by Gasteiger charge is -2.26. The van der Waals surface area contributed by atoms with Crippen LogP contribution in [0.15, 0.2) is 29.2 Å². The van der Waals surface area contributed by atoms with Crippen LogP contribution in [0.5, 0.6) is 0 Å². The predicted octanol–water partition coefficient (Wildman–Crippen LogP) is 3.61. The van der Waals surface area contributed by atoms with Crippen LogP contribution in [0.2, 0.25) is 0 Å². The van der Waals surface area contributed by atoms with Crippen molar-refractivity contribution in [3.05, 3.63) is 29.8 Å². The summed E-state index contributed by atoms with van der Waals surface area (Å²) >= 11 is 1.99. The number of nitrogens with one attached hydrogen (secondary N) is 1. The molecule has 16 heavy (non-hydrogen) atoms. The highest BCUT2D eigenvalue weighted by atomic mass is 32.2. The highest BCUT2D eigenvalue weighted by Gasteiger charge is 2.23. The van der Waals surface area contributed by atoms with Gasteiger partial charge in [0.1, 0.15) is 0 Å². The van der Waals surface area contributed by atoms with Gasteiger partial charge in [-0.1, -0.05) is 37.5 Å². The second kappa shape index (κ2) is 4.80. The first-order valence-corrected chi connectivity index (χ1v) is 7.37. The molecule has 0 amide bonds. The maximum absolute atomic E-state index is 3.72. The van der Waals surface area contributed by atoms with E-state index in [1.807, 2.05) is 11.8 Å². The monoisotopic (exact) mass is 233 g/mol. The van der Waals surface area contributed by atoms with Gasteiger partial charge in [-0.15, -0.1) is 11.8 Å². The number of rotatable bonds is 4. The van der Waals surface area contributed by atoms with Gasteiger partial charge in [0.05, 0.1) is 0 Å². The SMILES string of the molecule is c1ccc2c(c1)SCC2NCCC1CCC1. The summed E-state index contributed by atoms with van der Waals surface area (Å²) in [5.41, 5.74) is 1.51. The van der Waals surface area contributed by atoms with Crippen molar-refractivity contribution in [1.82, 2.24) is 5.32 Å². The molecule has 0 aromatic heterocycles. The molecular weight excluding hydrogens is 214 g/mol. The van der Waals surface area contributed by atoms with Crippen molar-refractivity contribution in [3.8, 4) is 0 Å². The van der Waals surface area contributed by atoms with E-state index in [4.69, 9.17) is 0 Å². The molecule has 1 aromatic rings. The Balaban J connectivity index is 1.52. The smallest absolute Gasteiger partial charge is 0.0426 e. The standard InChI is InChI=1S/C14H19NS/c1-2-7-14-12(6-1)13(10-16-14)15-9-8-11-4-3-5-11/h1-2,6-7,11,13,15H,3-5,8-10H2. The molecule has 1 aliphatic heterocycles. The topological polar surface area (TPSA) is 12.0 Å². The van der Waals surface area contributed by atoms with Gasteiger partial charge in [-0.3, -0.25) is 0 Å². The molecule has 1 aromatic carbocycles. The van der Waals surface area contributed by atoms with Crippen molar-refractivity contribution in [2.75, 3.05) is 12.3 Å². The van der Waals surface area contributed by atoms with Gasteiger partial charge in [-0.05, 0) is 30.5 Å². The Bertz CT molecular complexity index is 360. The van der Waals surface area contributed by atoms with Crippen LogP contribution in [0.25, 0.3) is 0 Å². The molecule has 1 aliphatic carbocycles. The van der Waals surface area contributed by atoms with E-state index in [9.17, 15) is 0 Å². The molecule has 0 saturated heterocycles. The van der Waals surface area contributed by atoms with Gasteiger partial charge < -0.3 is 5.32 Å². The first-order valence-electron chi connectivity index (χ1n) is 6.38. The summed E-state index contributed by atoms with van der Waals surface area (Å²) in [6.07, 6.45) is 5.78. The summed E-state index contributed by atoms with van der Waals surface area (Å²) in [6.45, 7) is 1.20. The summed E-state index contributed by atoms with van der Waals surface area (Å²) in [6, 6.07) is 9.42. The van der Waals surface area contributed by atoms with E-state index < -0.39 is 0 Å². The van der Waals surface area contributed by atoms with E-state index in [-0.39, 0.29) is 0 Å². The Hall–Kier alpha value is -0.470. The Morgan fingerprint density at radius 3 is 2.94 bits per heavy atom. The Morgan fingerprint density at radius 1 is 1.25 bits per heavy atom. The fraction of sp³-hybridized carbons (Fsp3) is 0.571. The molecule has 1 saturated carbocycles. The molecule has 1 N–H and O–H groups in total. The zero-order chi connectivity index (χ0) is 10.8. The third-order valence-corrected chi connectivity index (χ3v) is 5.05. The van der Waals surface area contributed by atoms with Crippen LogP contribution in [0.4, 0.5) is 0 Å². The van der Waals surface area contributed by atoms with E-state index in [0.29, 0.717) is 6.04 Å². The van der Waals surface area contributed by atoms with E-state index in [2.05, 4.69) is 29.6 Å². The van der Waals surface area contributed by atoms with Crippen LogP contribution in [-0.4, -0.2) is 12.3 Å². The average molecular weight is 233 g/mol. The van der Waals surface area contributed by atoms with Crippen molar-refractivity contribution < 1.29 is 0 Å². The lowest BCUT2D eigenvalue weighted by Crippen LogP contribution is -2.25. The van der Waals surface area contributed by atoms with Crippen LogP contribution >= 0.6 is 11.8 Å². The third kappa shape index (κ3) is 2.14. The first kappa shape index (κ1) is 10.7. The van der Waals surface area contributed by atoms with Gasteiger partial charge in [-0.2, -0.15) is 0 Å². The van der Waals surface area contributed by atoms with Crippen molar-refractivity contribution >= 4 is 11.8 Å². The van der Waals surface area contributed by atoms with Gasteiger partial charge in [0.2, 0.25) is 0 Å². The van der Waals surface area contributed by atoms with E-state index in [1.54, 1.807) is 0 Å². The van der Waals surface area contributed by atoms with Crippen molar-refractivity contribution in [2.45, 2.75) is 36.6 Å². The molecule has 0 bridgehead atoms. The minimum absolute atomic E-state index is 0.598. The van der Waals surface area contributed by atoms with E-state index in [1.165, 1.54) is 48.4 Å². The van der Waals surface area contributed by atoms with Gasteiger partial charge in [0, 0.05) is 16.7 Å². The van der Waals surface area contributed by atoms with Crippen LogP contribution in [-0.2, 0) is 0 Å². The lowest BCUT2D eigenvalue weighted by molar-refractivity contribution is 0.289. The van der Waals surface area contributed by atoms with Crippen LogP contribution < -0.4 is 5.32 Å². The van der Waals surface area contributed by atoms with Gasteiger partial charge >= 0.3 is 0 Å². The fourth-order valence-electron chi connectivity index (χ4n) is 2.57. The fourth-order valence-corrected chi connectivity index (χ4v) is 3.77. The molecule has 2 aliphatic rings. The van der Waals surface area contributed by atoms with Gasteiger partial charge in [-0.25, -0.2) is 0 Å². The summed E-state index contributed by atoms with van der Waals surface area (Å²) in [4.78, 5) is 1.48. The molecule has 0 spiro atoms. The zero-order valence-electron chi connectivity index (χ0n) is 9.61. The quantitative estimate of drug-likeness (QED) is 0.852. The second-order valence-electron chi connectivity index (χ2n) is 4.94. The van der Waals surface area contributed by atoms with Crippen molar-refractivity contribution in [1.29, 1.82) is 0 Å². The molecule has 1 nitrogen and oxygen atoms in total. The lowest BCUT2D eigenvalue weighted by atomic mass is 9.83. The molecular formula is C14H19NS. The van der Waals surface area contributed by atoms with Crippen LogP contribution in [0.1, 0.15) is 37.3 Å². The molecule has 3 rings (SSSR count). The van der Waals surface area contributed by atoms with E-state index >= 15 is 0 Å². The number of benzene rings is 1. The van der Waals surface area contributed by atoms with Crippen molar-refractivity contribution in [3.63, 3.8) is 0 Å². The molecule has 86 valence electrons. The third-order valence-electron chi connectivity index (χ3n) is 3.87. The van der Waals surface area contributed by atoms with Gasteiger partial charge in [0.15, 0.2) is 0 Å². The minimum atomic E-state index is 0.598. The highest BCUT2D eigenvalue weighted by Crippen LogP contribution is 2.38. The Labute approximate surface area is 102 Å². The summed E-state index contributed by atoms with van der Waals surface area (Å²) in [7, 11) is 0. The predicted molar refractivity (Wildman–Crippen MR) is 69.9 cm³/mol. The van der Waals surface area contributed by atoms with E-state index in [0.717, 1.165) is 5.92 Å². The molecule has 1 unspecified atom stereocenters. The summed E-state index contributed by atoms with van der Waals surface area (Å²) in [5.74, 6) is 2.24. The van der Waals surface area contributed by atoms with Gasteiger partial charge in [0.25, 0.3) is 0 Å². The second-order valence-corrected chi connectivity index (χ2v) is 6.00. The van der Waals surface area contributed by atoms with Crippen molar-refractivity contribution in [2.24, 2.45) is 5.92 Å². The molecule has 0 radical (unpaired) electrons. The molecule has 1 atom stereocenters. The normalized spacial score (nSPS) is 24.1. The highest BCUT2D eigenvalue weighted by molar-refractivity contribution is 7.99. The number of fused-ring (bicyclic) bond motifs is 1. The summed E-state index contributed by atoms with van der Waals surface area (Å²) < 4.78 is 0. The molecule has 1 heterocycles. The molecule has 1 fully saturated rings. The largest absolute Gasteiger partial charge is 0.309 e. The zero-order valence-corrected chi connectivity index (χ0v) is 10.4. The van der Waals surface area contributed by atoms with Crippen LogP contribution in [0, 0.1) is 5.92 Å². The molecule has 2 heteroatoms.